The van der Waals surface area contributed by atoms with Crippen molar-refractivity contribution in [3.63, 3.8) is 0 Å². The molecule has 0 radical (unpaired) electrons. The van der Waals surface area contributed by atoms with Gasteiger partial charge in [0.25, 0.3) is 5.91 Å². The van der Waals surface area contributed by atoms with Crippen LogP contribution < -0.4 is 5.32 Å². The van der Waals surface area contributed by atoms with Crippen LogP contribution in [0, 0.1) is 0 Å². The number of hydrogen-bond acceptors (Lipinski definition) is 3. The number of nitrogens with zero attached hydrogens (tertiary/aromatic N) is 1. The van der Waals surface area contributed by atoms with E-state index in [1.54, 1.807) is 11.3 Å². The maximum absolute atomic E-state index is 12.4. The van der Waals surface area contributed by atoms with Crippen molar-refractivity contribution >= 4 is 23.2 Å². The topological polar surface area (TPSA) is 49.4 Å². The highest BCUT2D eigenvalue weighted by atomic mass is 32.1. The van der Waals surface area contributed by atoms with Crippen molar-refractivity contribution in [1.82, 2.24) is 10.2 Å². The molecule has 2 heterocycles. The molecule has 0 spiro atoms. The molecular formula is C20H24N2O2S. The van der Waals surface area contributed by atoms with Crippen molar-refractivity contribution in [1.29, 1.82) is 0 Å². The van der Waals surface area contributed by atoms with E-state index in [-0.39, 0.29) is 11.8 Å². The number of piperidine rings is 1. The van der Waals surface area contributed by atoms with Gasteiger partial charge in [-0.1, -0.05) is 18.2 Å². The van der Waals surface area contributed by atoms with Crippen LogP contribution in [0.5, 0.6) is 0 Å². The second-order valence-corrected chi connectivity index (χ2v) is 7.44. The molecule has 2 aromatic rings. The third kappa shape index (κ3) is 5.16. The van der Waals surface area contributed by atoms with Gasteiger partial charge in [0.05, 0.1) is 0 Å². The van der Waals surface area contributed by atoms with E-state index >= 15 is 0 Å². The fourth-order valence-corrected chi connectivity index (χ4v) is 3.73. The highest BCUT2D eigenvalue weighted by Crippen LogP contribution is 2.14. The van der Waals surface area contributed by atoms with E-state index in [1.807, 2.05) is 40.6 Å². The highest BCUT2D eigenvalue weighted by molar-refractivity contribution is 7.09. The van der Waals surface area contributed by atoms with E-state index in [1.165, 1.54) is 11.3 Å². The zero-order chi connectivity index (χ0) is 17.5. The van der Waals surface area contributed by atoms with Gasteiger partial charge in [0.15, 0.2) is 0 Å². The first kappa shape index (κ1) is 17.7. The number of nitrogens with one attached hydrogen (secondary N) is 1. The van der Waals surface area contributed by atoms with Crippen molar-refractivity contribution in [2.24, 2.45) is 0 Å². The summed E-state index contributed by atoms with van der Waals surface area (Å²) in [6.07, 6.45) is 4.70. The molecule has 1 aliphatic rings. The Kier molecular flexibility index (Phi) is 6.23. The summed E-state index contributed by atoms with van der Waals surface area (Å²) in [6, 6.07) is 11.6. The molecule has 1 aliphatic heterocycles. The van der Waals surface area contributed by atoms with E-state index in [0.29, 0.717) is 13.0 Å². The number of thiophene rings is 1. The second kappa shape index (κ2) is 8.81. The number of carbonyl (C=O) groups is 2. The van der Waals surface area contributed by atoms with Crippen LogP contribution >= 0.6 is 11.3 Å². The quantitative estimate of drug-likeness (QED) is 0.859. The lowest BCUT2D eigenvalue weighted by Crippen LogP contribution is -2.35. The first-order chi connectivity index (χ1) is 12.2. The molecular weight excluding hydrogens is 332 g/mol. The van der Waals surface area contributed by atoms with Crippen LogP contribution in [-0.4, -0.2) is 29.8 Å². The van der Waals surface area contributed by atoms with Gasteiger partial charge in [0.2, 0.25) is 5.91 Å². The molecule has 2 amide bonds. The highest BCUT2D eigenvalue weighted by Gasteiger charge is 2.17. The lowest BCUT2D eigenvalue weighted by Gasteiger charge is -2.26. The number of aryl methyl sites for hydroxylation is 1. The molecule has 0 aliphatic carbocycles. The van der Waals surface area contributed by atoms with Crippen LogP contribution in [-0.2, 0) is 17.8 Å². The van der Waals surface area contributed by atoms with Gasteiger partial charge in [-0.2, -0.15) is 0 Å². The zero-order valence-corrected chi connectivity index (χ0v) is 15.2. The van der Waals surface area contributed by atoms with Crippen LogP contribution in [0.2, 0.25) is 0 Å². The first-order valence-electron chi connectivity index (χ1n) is 8.90. The van der Waals surface area contributed by atoms with Crippen molar-refractivity contribution in [2.45, 2.75) is 38.6 Å². The Hall–Kier alpha value is -2.14. The number of hydrogen-bond donors (Lipinski definition) is 1. The van der Waals surface area contributed by atoms with Gasteiger partial charge >= 0.3 is 0 Å². The monoisotopic (exact) mass is 356 g/mol. The first-order valence-corrected chi connectivity index (χ1v) is 9.77. The fourth-order valence-electron chi connectivity index (χ4n) is 3.03. The van der Waals surface area contributed by atoms with Crippen LogP contribution in [0.1, 0.15) is 46.5 Å². The molecule has 0 atom stereocenters. The summed E-state index contributed by atoms with van der Waals surface area (Å²) >= 11 is 1.68. The van der Waals surface area contributed by atoms with Gasteiger partial charge in [-0.15, -0.1) is 11.3 Å². The molecule has 0 saturated carbocycles. The molecule has 1 aromatic carbocycles. The SMILES string of the molecule is O=C(CCc1cccs1)NCc1ccc(C(=O)N2CCCCC2)cc1. The lowest BCUT2D eigenvalue weighted by atomic mass is 10.1. The Labute approximate surface area is 152 Å². The minimum absolute atomic E-state index is 0.0573. The van der Waals surface area contributed by atoms with Crippen molar-refractivity contribution in [2.75, 3.05) is 13.1 Å². The predicted molar refractivity (Wildman–Crippen MR) is 101 cm³/mol. The van der Waals surface area contributed by atoms with Gasteiger partial charge in [-0.3, -0.25) is 9.59 Å². The average molecular weight is 356 g/mol. The number of likely N-dealkylation sites (tertiary alicyclic amines) is 1. The standard InChI is InChI=1S/C20H24N2O2S/c23-19(11-10-18-5-4-14-25-18)21-15-16-6-8-17(9-7-16)20(24)22-12-2-1-3-13-22/h4-9,14H,1-3,10-13,15H2,(H,21,23). The third-order valence-electron chi connectivity index (χ3n) is 4.51. The Balaban J connectivity index is 1.45. The fraction of sp³-hybridized carbons (Fsp3) is 0.400. The molecule has 0 bridgehead atoms. The Bertz CT molecular complexity index is 689. The summed E-state index contributed by atoms with van der Waals surface area (Å²) in [6.45, 7) is 2.23. The van der Waals surface area contributed by atoms with E-state index in [2.05, 4.69) is 11.4 Å². The normalized spacial score (nSPS) is 14.3. The molecule has 132 valence electrons. The largest absolute Gasteiger partial charge is 0.352 e. The molecule has 3 rings (SSSR count). The smallest absolute Gasteiger partial charge is 0.253 e. The third-order valence-corrected chi connectivity index (χ3v) is 5.45. The molecule has 25 heavy (non-hydrogen) atoms. The molecule has 1 saturated heterocycles. The molecule has 4 nitrogen and oxygen atoms in total. The molecule has 5 heteroatoms. The maximum atomic E-state index is 12.4. The number of carbonyl (C=O) groups excluding carboxylic acids is 2. The zero-order valence-electron chi connectivity index (χ0n) is 14.4. The Morgan fingerprint density at radius 1 is 1.04 bits per heavy atom. The number of rotatable bonds is 6. The Morgan fingerprint density at radius 2 is 1.80 bits per heavy atom. The summed E-state index contributed by atoms with van der Waals surface area (Å²) in [5, 5.41) is 4.97. The van der Waals surface area contributed by atoms with Crippen LogP contribution in [0.3, 0.4) is 0 Å². The summed E-state index contributed by atoms with van der Waals surface area (Å²) in [5.41, 5.74) is 1.74. The van der Waals surface area contributed by atoms with Crippen molar-refractivity contribution < 1.29 is 9.59 Å². The van der Waals surface area contributed by atoms with E-state index in [4.69, 9.17) is 0 Å². The average Bonchev–Trinajstić information content (AvgIpc) is 3.19. The number of amides is 2. The van der Waals surface area contributed by atoms with Gasteiger partial charge in [0, 0.05) is 36.5 Å². The maximum Gasteiger partial charge on any atom is 0.253 e. The second-order valence-electron chi connectivity index (χ2n) is 6.41. The van der Waals surface area contributed by atoms with Crippen LogP contribution in [0.4, 0.5) is 0 Å². The van der Waals surface area contributed by atoms with E-state index in [9.17, 15) is 9.59 Å². The van der Waals surface area contributed by atoms with Crippen LogP contribution in [0.15, 0.2) is 41.8 Å². The van der Waals surface area contributed by atoms with Gasteiger partial charge < -0.3 is 10.2 Å². The minimum atomic E-state index is 0.0573. The summed E-state index contributed by atoms with van der Waals surface area (Å²) in [7, 11) is 0. The van der Waals surface area contributed by atoms with E-state index < -0.39 is 0 Å². The number of benzene rings is 1. The molecule has 1 N–H and O–H groups in total. The minimum Gasteiger partial charge on any atom is -0.352 e. The van der Waals surface area contributed by atoms with Gasteiger partial charge in [0.1, 0.15) is 0 Å². The Morgan fingerprint density at radius 3 is 2.48 bits per heavy atom. The lowest BCUT2D eigenvalue weighted by molar-refractivity contribution is -0.121. The molecule has 1 aromatic heterocycles. The summed E-state index contributed by atoms with van der Waals surface area (Å²) in [5.74, 6) is 0.174. The van der Waals surface area contributed by atoms with Crippen molar-refractivity contribution in [3.8, 4) is 0 Å². The summed E-state index contributed by atoms with van der Waals surface area (Å²) in [4.78, 5) is 27.5. The molecule has 0 unspecified atom stereocenters. The summed E-state index contributed by atoms with van der Waals surface area (Å²) < 4.78 is 0. The molecule has 1 fully saturated rings. The van der Waals surface area contributed by atoms with Gasteiger partial charge in [-0.25, -0.2) is 0 Å². The van der Waals surface area contributed by atoms with E-state index in [0.717, 1.165) is 43.5 Å². The van der Waals surface area contributed by atoms with Crippen LogP contribution in [0.25, 0.3) is 0 Å². The predicted octanol–water partition coefficient (Wildman–Crippen LogP) is 3.62. The van der Waals surface area contributed by atoms with Crippen molar-refractivity contribution in [3.05, 3.63) is 57.8 Å². The van der Waals surface area contributed by atoms with Gasteiger partial charge in [-0.05, 0) is 54.8 Å².